The van der Waals surface area contributed by atoms with Gasteiger partial charge in [-0.3, -0.25) is 0 Å². The van der Waals surface area contributed by atoms with Gasteiger partial charge in [-0.2, -0.15) is 0 Å². The van der Waals surface area contributed by atoms with E-state index in [0.29, 0.717) is 0 Å². The van der Waals surface area contributed by atoms with Gasteiger partial charge in [-0.15, -0.1) is 11.3 Å². The van der Waals surface area contributed by atoms with Gasteiger partial charge in [-0.1, -0.05) is 17.7 Å². The summed E-state index contributed by atoms with van der Waals surface area (Å²) in [7, 11) is 0. The first-order chi connectivity index (χ1) is 9.31. The molecular weight excluding hydrogens is 278 g/mol. The molecule has 0 aliphatic heterocycles. The van der Waals surface area contributed by atoms with Crippen molar-refractivity contribution in [3.63, 3.8) is 0 Å². The molecule has 3 heterocycles. The maximum absolute atomic E-state index is 5.95. The van der Waals surface area contributed by atoms with Crippen molar-refractivity contribution in [2.75, 3.05) is 6.54 Å². The van der Waals surface area contributed by atoms with Crippen LogP contribution >= 0.6 is 22.9 Å². The van der Waals surface area contributed by atoms with Gasteiger partial charge < -0.3 is 9.72 Å². The normalized spacial score (nSPS) is 11.2. The highest BCUT2D eigenvalue weighted by molar-refractivity contribution is 7.09. The van der Waals surface area contributed by atoms with E-state index in [1.54, 1.807) is 11.3 Å². The fourth-order valence-electron chi connectivity index (χ4n) is 1.99. The Morgan fingerprint density at radius 3 is 3.05 bits per heavy atom. The molecule has 3 nitrogen and oxygen atoms in total. The van der Waals surface area contributed by atoms with Gasteiger partial charge in [-0.25, -0.2) is 4.98 Å². The van der Waals surface area contributed by atoms with Crippen LogP contribution in [0.2, 0.25) is 5.02 Å². The quantitative estimate of drug-likeness (QED) is 0.730. The van der Waals surface area contributed by atoms with Crippen LogP contribution in [0.4, 0.5) is 0 Å². The third-order valence-corrected chi connectivity index (χ3v) is 4.06. The summed E-state index contributed by atoms with van der Waals surface area (Å²) < 4.78 is 1.96. The summed E-state index contributed by atoms with van der Waals surface area (Å²) in [4.78, 5) is 5.94. The van der Waals surface area contributed by atoms with Gasteiger partial charge in [-0.05, 0) is 30.0 Å². The van der Waals surface area contributed by atoms with Crippen LogP contribution in [0, 0.1) is 0 Å². The van der Waals surface area contributed by atoms with Gasteiger partial charge in [0.05, 0.1) is 10.7 Å². The monoisotopic (exact) mass is 291 g/mol. The third kappa shape index (κ3) is 3.15. The summed E-state index contributed by atoms with van der Waals surface area (Å²) in [6.45, 7) is 1.75. The van der Waals surface area contributed by atoms with Crippen LogP contribution in [-0.2, 0) is 13.0 Å². The molecule has 98 valence electrons. The van der Waals surface area contributed by atoms with Gasteiger partial charge >= 0.3 is 0 Å². The fraction of sp³-hybridized carbons (Fsp3) is 0.214. The molecule has 0 aliphatic carbocycles. The van der Waals surface area contributed by atoms with Gasteiger partial charge in [0.2, 0.25) is 0 Å². The van der Waals surface area contributed by atoms with Crippen molar-refractivity contribution in [1.29, 1.82) is 0 Å². The summed E-state index contributed by atoms with van der Waals surface area (Å²) in [5, 5.41) is 6.25. The number of hydrogen-bond donors (Lipinski definition) is 1. The van der Waals surface area contributed by atoms with Crippen LogP contribution in [0.25, 0.3) is 5.65 Å². The molecule has 0 bridgehead atoms. The lowest BCUT2D eigenvalue weighted by Gasteiger charge is -2.00. The third-order valence-electron chi connectivity index (χ3n) is 2.90. The Morgan fingerprint density at radius 2 is 2.21 bits per heavy atom. The standard InChI is InChI=1S/C14H14ClN3S/c15-11-3-4-14-17-12(10-18(14)9-11)8-16-6-5-13-2-1-7-19-13/h1-4,7,9-10,16H,5-6,8H2. The zero-order chi connectivity index (χ0) is 13.1. The Hall–Kier alpha value is -1.36. The molecule has 3 aromatic heterocycles. The second kappa shape index (κ2) is 5.74. The number of rotatable bonds is 5. The second-order valence-corrected chi connectivity index (χ2v) is 5.82. The van der Waals surface area contributed by atoms with E-state index in [9.17, 15) is 0 Å². The maximum atomic E-state index is 5.95. The average molecular weight is 292 g/mol. The van der Waals surface area contributed by atoms with Crippen molar-refractivity contribution < 1.29 is 0 Å². The van der Waals surface area contributed by atoms with Gasteiger partial charge in [0, 0.05) is 30.4 Å². The molecule has 0 unspecified atom stereocenters. The van der Waals surface area contributed by atoms with Crippen LogP contribution in [0.15, 0.2) is 42.0 Å². The molecule has 0 saturated heterocycles. The smallest absolute Gasteiger partial charge is 0.137 e. The lowest BCUT2D eigenvalue weighted by Crippen LogP contribution is -2.16. The summed E-state index contributed by atoms with van der Waals surface area (Å²) in [5.74, 6) is 0. The number of aromatic nitrogens is 2. The minimum Gasteiger partial charge on any atom is -0.311 e. The van der Waals surface area contributed by atoms with Crippen LogP contribution in [0.1, 0.15) is 10.6 Å². The molecule has 0 aliphatic rings. The van der Waals surface area contributed by atoms with E-state index in [1.807, 2.05) is 28.9 Å². The fourth-order valence-corrected chi connectivity index (χ4v) is 2.86. The van der Waals surface area contributed by atoms with Crippen molar-refractivity contribution >= 4 is 28.6 Å². The van der Waals surface area contributed by atoms with Crippen molar-refractivity contribution in [2.45, 2.75) is 13.0 Å². The Morgan fingerprint density at radius 1 is 1.26 bits per heavy atom. The molecule has 3 aromatic rings. The first-order valence-electron chi connectivity index (χ1n) is 6.17. The largest absolute Gasteiger partial charge is 0.311 e. The average Bonchev–Trinajstić information content (AvgIpc) is 3.02. The second-order valence-electron chi connectivity index (χ2n) is 4.35. The summed E-state index contributed by atoms with van der Waals surface area (Å²) in [6.07, 6.45) is 4.95. The highest BCUT2D eigenvalue weighted by Gasteiger charge is 2.01. The number of hydrogen-bond acceptors (Lipinski definition) is 3. The minimum atomic E-state index is 0.724. The summed E-state index contributed by atoms with van der Waals surface area (Å²) in [5.41, 5.74) is 1.97. The Labute approximate surface area is 120 Å². The first-order valence-corrected chi connectivity index (χ1v) is 7.43. The number of thiophene rings is 1. The topological polar surface area (TPSA) is 29.3 Å². The van der Waals surface area contributed by atoms with Crippen molar-refractivity contribution in [1.82, 2.24) is 14.7 Å². The zero-order valence-electron chi connectivity index (χ0n) is 10.3. The molecule has 0 amide bonds. The Bertz CT molecular complexity index is 660. The van der Waals surface area contributed by atoms with E-state index in [1.165, 1.54) is 4.88 Å². The maximum Gasteiger partial charge on any atom is 0.137 e. The number of pyridine rings is 1. The molecule has 0 radical (unpaired) electrons. The summed E-state index contributed by atoms with van der Waals surface area (Å²) in [6, 6.07) is 8.04. The molecule has 0 saturated carbocycles. The van der Waals surface area contributed by atoms with Gasteiger partial charge in [0.15, 0.2) is 0 Å². The number of halogens is 1. The minimum absolute atomic E-state index is 0.724. The molecule has 3 rings (SSSR count). The van der Waals surface area contributed by atoms with E-state index in [2.05, 4.69) is 27.8 Å². The molecule has 5 heteroatoms. The lowest BCUT2D eigenvalue weighted by molar-refractivity contribution is 0.681. The molecule has 1 N–H and O–H groups in total. The van der Waals surface area contributed by atoms with Crippen molar-refractivity contribution in [2.24, 2.45) is 0 Å². The Balaban J connectivity index is 1.56. The molecule has 0 aromatic carbocycles. The van der Waals surface area contributed by atoms with E-state index >= 15 is 0 Å². The van der Waals surface area contributed by atoms with E-state index in [-0.39, 0.29) is 0 Å². The predicted octanol–water partition coefficient (Wildman–Crippen LogP) is 3.38. The molecule has 0 fully saturated rings. The molecular formula is C14H14ClN3S. The van der Waals surface area contributed by atoms with Gasteiger partial charge in [0.1, 0.15) is 5.65 Å². The SMILES string of the molecule is Clc1ccc2nc(CNCCc3cccs3)cn2c1. The van der Waals surface area contributed by atoms with E-state index in [0.717, 1.165) is 35.9 Å². The molecule has 19 heavy (non-hydrogen) atoms. The van der Waals surface area contributed by atoms with Crippen LogP contribution in [0.5, 0.6) is 0 Å². The van der Waals surface area contributed by atoms with E-state index in [4.69, 9.17) is 11.6 Å². The predicted molar refractivity (Wildman–Crippen MR) is 79.9 cm³/mol. The summed E-state index contributed by atoms with van der Waals surface area (Å²) >= 11 is 7.75. The van der Waals surface area contributed by atoms with Crippen molar-refractivity contribution in [3.05, 3.63) is 57.6 Å². The van der Waals surface area contributed by atoms with Crippen LogP contribution in [0.3, 0.4) is 0 Å². The Kier molecular flexibility index (Phi) is 3.82. The number of fused-ring (bicyclic) bond motifs is 1. The van der Waals surface area contributed by atoms with Crippen LogP contribution in [-0.4, -0.2) is 15.9 Å². The number of nitrogens with zero attached hydrogens (tertiary/aromatic N) is 2. The number of nitrogens with one attached hydrogen (secondary N) is 1. The number of imidazole rings is 1. The zero-order valence-corrected chi connectivity index (χ0v) is 11.9. The highest BCUT2D eigenvalue weighted by atomic mass is 35.5. The highest BCUT2D eigenvalue weighted by Crippen LogP contribution is 2.12. The van der Waals surface area contributed by atoms with Gasteiger partial charge in [0.25, 0.3) is 0 Å². The molecule has 0 spiro atoms. The van der Waals surface area contributed by atoms with Crippen LogP contribution < -0.4 is 5.32 Å². The van der Waals surface area contributed by atoms with E-state index < -0.39 is 0 Å². The first kappa shape index (κ1) is 12.7. The van der Waals surface area contributed by atoms with Crippen molar-refractivity contribution in [3.8, 4) is 0 Å². The molecule has 0 atom stereocenters. The lowest BCUT2D eigenvalue weighted by atomic mass is 10.3.